The van der Waals surface area contributed by atoms with Gasteiger partial charge in [0.25, 0.3) is 0 Å². The SMILES string of the molecule is CC(C)COc1ccc(C(=O)C2CC2)c(Cl)c1. The van der Waals surface area contributed by atoms with Crippen LogP contribution in [0.15, 0.2) is 18.2 Å². The first-order valence-electron chi connectivity index (χ1n) is 6.04. The second-order valence-corrected chi connectivity index (χ2v) is 5.39. The molecule has 0 radical (unpaired) electrons. The topological polar surface area (TPSA) is 26.3 Å². The molecule has 1 aliphatic rings. The molecule has 0 saturated heterocycles. The van der Waals surface area contributed by atoms with Crippen molar-refractivity contribution in [3.63, 3.8) is 0 Å². The maximum atomic E-state index is 11.9. The van der Waals surface area contributed by atoms with Crippen molar-refractivity contribution < 1.29 is 9.53 Å². The maximum absolute atomic E-state index is 11.9. The summed E-state index contributed by atoms with van der Waals surface area (Å²) in [5.74, 6) is 1.58. The molecule has 0 amide bonds. The number of benzene rings is 1. The van der Waals surface area contributed by atoms with E-state index in [4.69, 9.17) is 16.3 Å². The van der Waals surface area contributed by atoms with Gasteiger partial charge in [-0.2, -0.15) is 0 Å². The van der Waals surface area contributed by atoms with Gasteiger partial charge in [-0.05, 0) is 37.0 Å². The summed E-state index contributed by atoms with van der Waals surface area (Å²) in [6, 6.07) is 5.34. The van der Waals surface area contributed by atoms with Crippen LogP contribution in [-0.4, -0.2) is 12.4 Å². The normalized spacial score (nSPS) is 15.1. The zero-order chi connectivity index (χ0) is 12.4. The Morgan fingerprint density at radius 3 is 2.71 bits per heavy atom. The van der Waals surface area contributed by atoms with Crippen LogP contribution in [0.3, 0.4) is 0 Å². The zero-order valence-electron chi connectivity index (χ0n) is 10.2. The van der Waals surface area contributed by atoms with E-state index in [0.29, 0.717) is 23.1 Å². The Labute approximate surface area is 107 Å². The summed E-state index contributed by atoms with van der Waals surface area (Å²) in [5, 5.41) is 0.503. The van der Waals surface area contributed by atoms with Gasteiger partial charge in [-0.1, -0.05) is 25.4 Å². The Morgan fingerprint density at radius 1 is 1.47 bits per heavy atom. The molecule has 17 heavy (non-hydrogen) atoms. The van der Waals surface area contributed by atoms with Gasteiger partial charge < -0.3 is 4.74 Å². The molecule has 0 aromatic heterocycles. The monoisotopic (exact) mass is 252 g/mol. The highest BCUT2D eigenvalue weighted by molar-refractivity contribution is 6.34. The Balaban J connectivity index is 2.08. The molecule has 0 N–H and O–H groups in total. The van der Waals surface area contributed by atoms with Crippen molar-refractivity contribution >= 4 is 17.4 Å². The van der Waals surface area contributed by atoms with Gasteiger partial charge in [0.05, 0.1) is 11.6 Å². The summed E-state index contributed by atoms with van der Waals surface area (Å²) < 4.78 is 5.56. The highest BCUT2D eigenvalue weighted by atomic mass is 35.5. The molecular weight excluding hydrogens is 236 g/mol. The van der Waals surface area contributed by atoms with Crippen molar-refractivity contribution in [1.29, 1.82) is 0 Å². The fourth-order valence-electron chi connectivity index (χ4n) is 1.61. The lowest BCUT2D eigenvalue weighted by Gasteiger charge is -2.10. The molecule has 0 spiro atoms. The van der Waals surface area contributed by atoms with Crippen molar-refractivity contribution in [2.75, 3.05) is 6.61 Å². The summed E-state index contributed by atoms with van der Waals surface area (Å²) in [4.78, 5) is 11.9. The van der Waals surface area contributed by atoms with Crippen LogP contribution in [0.4, 0.5) is 0 Å². The van der Waals surface area contributed by atoms with E-state index >= 15 is 0 Å². The van der Waals surface area contributed by atoms with Gasteiger partial charge in [0.1, 0.15) is 5.75 Å². The number of carbonyl (C=O) groups excluding carboxylic acids is 1. The number of halogens is 1. The second-order valence-electron chi connectivity index (χ2n) is 4.99. The quantitative estimate of drug-likeness (QED) is 0.742. The van der Waals surface area contributed by atoms with Crippen LogP contribution in [0.5, 0.6) is 5.75 Å². The third-order valence-corrected chi connectivity index (χ3v) is 3.05. The predicted octanol–water partition coefficient (Wildman–Crippen LogP) is 3.97. The fraction of sp³-hybridized carbons (Fsp3) is 0.500. The average Bonchev–Trinajstić information content (AvgIpc) is 3.09. The molecular formula is C14H17ClO2. The second kappa shape index (κ2) is 5.09. The molecule has 0 heterocycles. The van der Waals surface area contributed by atoms with Crippen molar-refractivity contribution in [3.05, 3.63) is 28.8 Å². The van der Waals surface area contributed by atoms with E-state index in [1.165, 1.54) is 0 Å². The van der Waals surface area contributed by atoms with Crippen LogP contribution in [-0.2, 0) is 0 Å². The molecule has 3 heteroatoms. The molecule has 2 nitrogen and oxygen atoms in total. The van der Waals surface area contributed by atoms with Crippen LogP contribution in [0, 0.1) is 11.8 Å². The number of carbonyl (C=O) groups is 1. The first kappa shape index (κ1) is 12.4. The van der Waals surface area contributed by atoms with Crippen LogP contribution in [0.25, 0.3) is 0 Å². The lowest BCUT2D eigenvalue weighted by Crippen LogP contribution is -2.06. The largest absolute Gasteiger partial charge is 0.493 e. The van der Waals surface area contributed by atoms with Crippen molar-refractivity contribution in [1.82, 2.24) is 0 Å². The molecule has 0 aliphatic heterocycles. The van der Waals surface area contributed by atoms with Gasteiger partial charge in [-0.15, -0.1) is 0 Å². The van der Waals surface area contributed by atoms with Gasteiger partial charge in [-0.3, -0.25) is 4.79 Å². The van der Waals surface area contributed by atoms with Gasteiger partial charge in [0.2, 0.25) is 0 Å². The van der Waals surface area contributed by atoms with Gasteiger partial charge in [-0.25, -0.2) is 0 Å². The standard InChI is InChI=1S/C14H17ClO2/c1-9(2)8-17-11-5-6-12(13(15)7-11)14(16)10-3-4-10/h5-7,9-10H,3-4,8H2,1-2H3. The minimum atomic E-state index is 0.172. The predicted molar refractivity (Wildman–Crippen MR) is 68.8 cm³/mol. The molecule has 0 atom stereocenters. The van der Waals surface area contributed by atoms with Crippen molar-refractivity contribution in [3.8, 4) is 5.75 Å². The summed E-state index contributed by atoms with van der Waals surface area (Å²) in [5.41, 5.74) is 0.631. The molecule has 0 unspecified atom stereocenters. The number of hydrogen-bond donors (Lipinski definition) is 0. The van der Waals surface area contributed by atoms with E-state index in [1.54, 1.807) is 12.1 Å². The summed E-state index contributed by atoms with van der Waals surface area (Å²) in [6.45, 7) is 4.84. The average molecular weight is 253 g/mol. The molecule has 1 aromatic carbocycles. The van der Waals surface area contributed by atoms with Crippen molar-refractivity contribution in [2.24, 2.45) is 11.8 Å². The number of hydrogen-bond acceptors (Lipinski definition) is 2. The van der Waals surface area contributed by atoms with Crippen LogP contribution in [0.2, 0.25) is 5.02 Å². The molecule has 1 aliphatic carbocycles. The van der Waals surface area contributed by atoms with E-state index in [0.717, 1.165) is 18.6 Å². The molecule has 1 aromatic rings. The lowest BCUT2D eigenvalue weighted by atomic mass is 10.1. The molecule has 2 rings (SSSR count). The third kappa shape index (κ3) is 3.22. The number of ether oxygens (including phenoxy) is 1. The van der Waals surface area contributed by atoms with E-state index < -0.39 is 0 Å². The summed E-state index contributed by atoms with van der Waals surface area (Å²) in [7, 11) is 0. The van der Waals surface area contributed by atoms with E-state index in [9.17, 15) is 4.79 Å². The van der Waals surface area contributed by atoms with Gasteiger partial charge >= 0.3 is 0 Å². The number of rotatable bonds is 5. The molecule has 1 saturated carbocycles. The maximum Gasteiger partial charge on any atom is 0.167 e. The number of Topliss-reactive ketones (excluding diaryl/α,β-unsaturated/α-hetero) is 1. The highest BCUT2D eigenvalue weighted by Gasteiger charge is 2.31. The minimum absolute atomic E-state index is 0.172. The molecule has 0 bridgehead atoms. The zero-order valence-corrected chi connectivity index (χ0v) is 11.0. The third-order valence-electron chi connectivity index (χ3n) is 2.74. The number of ketones is 1. The van der Waals surface area contributed by atoms with Crippen LogP contribution >= 0.6 is 11.6 Å². The van der Waals surface area contributed by atoms with Crippen LogP contribution < -0.4 is 4.74 Å². The van der Waals surface area contributed by atoms with E-state index in [2.05, 4.69) is 13.8 Å². The Bertz CT molecular complexity index is 422. The van der Waals surface area contributed by atoms with Gasteiger partial charge in [0, 0.05) is 11.5 Å². The first-order chi connectivity index (χ1) is 8.08. The first-order valence-corrected chi connectivity index (χ1v) is 6.42. The minimum Gasteiger partial charge on any atom is -0.493 e. The smallest absolute Gasteiger partial charge is 0.167 e. The van der Waals surface area contributed by atoms with E-state index in [1.807, 2.05) is 6.07 Å². The molecule has 92 valence electrons. The summed E-state index contributed by atoms with van der Waals surface area (Å²) >= 11 is 6.11. The lowest BCUT2D eigenvalue weighted by molar-refractivity contribution is 0.0968. The highest BCUT2D eigenvalue weighted by Crippen LogP contribution is 2.35. The summed E-state index contributed by atoms with van der Waals surface area (Å²) in [6.07, 6.45) is 2.00. The van der Waals surface area contributed by atoms with Crippen molar-refractivity contribution in [2.45, 2.75) is 26.7 Å². The Hall–Kier alpha value is -1.02. The molecule has 1 fully saturated rings. The van der Waals surface area contributed by atoms with Crippen LogP contribution in [0.1, 0.15) is 37.0 Å². The Morgan fingerprint density at radius 2 is 2.18 bits per heavy atom. The fourth-order valence-corrected chi connectivity index (χ4v) is 1.88. The van der Waals surface area contributed by atoms with E-state index in [-0.39, 0.29) is 11.7 Å². The Kier molecular flexibility index (Phi) is 3.72. The van der Waals surface area contributed by atoms with Gasteiger partial charge in [0.15, 0.2) is 5.78 Å².